The molecule has 0 radical (unpaired) electrons. The van der Waals surface area contributed by atoms with Crippen LogP contribution in [-0.4, -0.2) is 11.5 Å². The molecule has 4 heteroatoms. The van der Waals surface area contributed by atoms with E-state index in [2.05, 4.69) is 0 Å². The number of thioether (sulfide) groups is 1. The van der Waals surface area contributed by atoms with Crippen molar-refractivity contribution in [3.63, 3.8) is 0 Å². The number of hydrogen-bond donors (Lipinski definition) is 0. The molecule has 0 spiro atoms. The molecule has 0 atom stereocenters. The maximum Gasteiger partial charge on any atom is 0.173 e. The third-order valence-corrected chi connectivity index (χ3v) is 4.24. The monoisotopic (exact) mass is 268 g/mol. The number of ketones is 1. The maximum atomic E-state index is 11.7. The Bertz CT molecular complexity index is 480. The molecule has 0 aliphatic heterocycles. The summed E-state index contributed by atoms with van der Waals surface area (Å²) in [5.74, 6) is 0.576. The average Bonchev–Trinajstić information content (AvgIpc) is 2.81. The highest BCUT2D eigenvalue weighted by molar-refractivity contribution is 8.00. The fraction of sp³-hybridized carbons (Fsp3) is 0.0833. The van der Waals surface area contributed by atoms with Gasteiger partial charge >= 0.3 is 0 Å². The number of rotatable bonds is 4. The molecule has 16 heavy (non-hydrogen) atoms. The zero-order valence-corrected chi connectivity index (χ0v) is 10.7. The third-order valence-electron chi connectivity index (χ3n) is 2.04. The van der Waals surface area contributed by atoms with Crippen molar-refractivity contribution in [1.82, 2.24) is 0 Å². The molecule has 0 fully saturated rings. The molecule has 82 valence electrons. The van der Waals surface area contributed by atoms with E-state index in [1.54, 1.807) is 0 Å². The van der Waals surface area contributed by atoms with Gasteiger partial charge in [-0.1, -0.05) is 23.7 Å². The lowest BCUT2D eigenvalue weighted by Crippen LogP contribution is -2.00. The Morgan fingerprint density at radius 1 is 1.31 bits per heavy atom. The first kappa shape index (κ1) is 11.7. The van der Waals surface area contributed by atoms with Crippen molar-refractivity contribution >= 4 is 40.5 Å². The van der Waals surface area contributed by atoms with Crippen LogP contribution in [0.2, 0.25) is 5.02 Å². The summed E-state index contributed by atoms with van der Waals surface area (Å²) >= 11 is 9.02. The lowest BCUT2D eigenvalue weighted by atomic mass is 10.2. The second-order valence-corrected chi connectivity index (χ2v) is 5.36. The zero-order chi connectivity index (χ0) is 11.4. The second-order valence-electron chi connectivity index (χ2n) is 3.15. The summed E-state index contributed by atoms with van der Waals surface area (Å²) in [7, 11) is 0. The van der Waals surface area contributed by atoms with Gasteiger partial charge < -0.3 is 0 Å². The van der Waals surface area contributed by atoms with Gasteiger partial charge in [0.2, 0.25) is 0 Å². The van der Waals surface area contributed by atoms with Crippen LogP contribution < -0.4 is 0 Å². The molecule has 0 bridgehead atoms. The van der Waals surface area contributed by atoms with Crippen LogP contribution in [0.15, 0.2) is 46.0 Å². The van der Waals surface area contributed by atoms with Gasteiger partial charge in [-0.15, -0.1) is 11.8 Å². The van der Waals surface area contributed by atoms with Gasteiger partial charge in [-0.05, 0) is 23.6 Å². The minimum absolute atomic E-state index is 0.145. The highest BCUT2D eigenvalue weighted by atomic mass is 35.5. The summed E-state index contributed by atoms with van der Waals surface area (Å²) in [5, 5.41) is 4.48. The Labute approximate surface area is 107 Å². The fourth-order valence-corrected chi connectivity index (χ4v) is 3.01. The predicted octanol–water partition coefficient (Wildman–Crippen LogP) is 4.38. The quantitative estimate of drug-likeness (QED) is 0.605. The Balaban J connectivity index is 1.98. The van der Waals surface area contributed by atoms with Gasteiger partial charge in [-0.25, -0.2) is 0 Å². The van der Waals surface area contributed by atoms with Crippen LogP contribution in [0.4, 0.5) is 0 Å². The summed E-state index contributed by atoms with van der Waals surface area (Å²) in [6, 6.07) is 9.41. The van der Waals surface area contributed by atoms with Crippen molar-refractivity contribution in [2.75, 3.05) is 5.75 Å². The lowest BCUT2D eigenvalue weighted by Gasteiger charge is -2.02. The van der Waals surface area contributed by atoms with E-state index in [-0.39, 0.29) is 5.78 Å². The van der Waals surface area contributed by atoms with E-state index in [0.29, 0.717) is 10.8 Å². The Kier molecular flexibility index (Phi) is 4.04. The highest BCUT2D eigenvalue weighted by Gasteiger charge is 2.08. The second kappa shape index (κ2) is 5.53. The van der Waals surface area contributed by atoms with Crippen molar-refractivity contribution in [2.45, 2.75) is 4.90 Å². The average molecular weight is 269 g/mol. The van der Waals surface area contributed by atoms with Crippen molar-refractivity contribution < 1.29 is 4.79 Å². The molecule has 0 aliphatic carbocycles. The van der Waals surface area contributed by atoms with Gasteiger partial charge in [-0.2, -0.15) is 11.3 Å². The van der Waals surface area contributed by atoms with E-state index in [4.69, 9.17) is 11.6 Å². The molecule has 2 rings (SSSR count). The molecule has 2 aromatic rings. The SMILES string of the molecule is O=C(CSc1ccccc1Cl)c1ccsc1. The number of Topliss-reactive ketones (excluding diaryl/α,β-unsaturated/α-hetero) is 1. The largest absolute Gasteiger partial charge is 0.293 e. The molecular formula is C12H9ClOS2. The summed E-state index contributed by atoms with van der Waals surface area (Å²) < 4.78 is 0. The lowest BCUT2D eigenvalue weighted by molar-refractivity contribution is 0.102. The Morgan fingerprint density at radius 2 is 2.12 bits per heavy atom. The van der Waals surface area contributed by atoms with Crippen LogP contribution >= 0.6 is 34.7 Å². The van der Waals surface area contributed by atoms with Crippen molar-refractivity contribution in [3.05, 3.63) is 51.7 Å². The Morgan fingerprint density at radius 3 is 2.81 bits per heavy atom. The van der Waals surface area contributed by atoms with E-state index in [0.717, 1.165) is 10.5 Å². The van der Waals surface area contributed by atoms with E-state index >= 15 is 0 Å². The van der Waals surface area contributed by atoms with Crippen molar-refractivity contribution in [2.24, 2.45) is 0 Å². The van der Waals surface area contributed by atoms with Crippen LogP contribution in [0.5, 0.6) is 0 Å². The van der Waals surface area contributed by atoms with Crippen LogP contribution in [0, 0.1) is 0 Å². The highest BCUT2D eigenvalue weighted by Crippen LogP contribution is 2.27. The minimum atomic E-state index is 0.145. The zero-order valence-electron chi connectivity index (χ0n) is 8.35. The maximum absolute atomic E-state index is 11.7. The topological polar surface area (TPSA) is 17.1 Å². The summed E-state index contributed by atoms with van der Waals surface area (Å²) in [4.78, 5) is 12.7. The van der Waals surface area contributed by atoms with Crippen LogP contribution in [0.3, 0.4) is 0 Å². The summed E-state index contributed by atoms with van der Waals surface area (Å²) in [5.41, 5.74) is 0.782. The van der Waals surface area contributed by atoms with Crippen molar-refractivity contribution in [1.29, 1.82) is 0 Å². The van der Waals surface area contributed by atoms with Gasteiger partial charge in [0.15, 0.2) is 5.78 Å². The molecule has 0 unspecified atom stereocenters. The number of carbonyl (C=O) groups excluding carboxylic acids is 1. The van der Waals surface area contributed by atoms with Crippen LogP contribution in [0.25, 0.3) is 0 Å². The third kappa shape index (κ3) is 2.88. The fourth-order valence-electron chi connectivity index (χ4n) is 1.21. The minimum Gasteiger partial charge on any atom is -0.293 e. The van der Waals surface area contributed by atoms with Gasteiger partial charge in [0.1, 0.15) is 0 Å². The van der Waals surface area contributed by atoms with Gasteiger partial charge in [0.25, 0.3) is 0 Å². The van der Waals surface area contributed by atoms with E-state index in [1.165, 1.54) is 23.1 Å². The first-order valence-electron chi connectivity index (χ1n) is 4.70. The number of carbonyl (C=O) groups is 1. The van der Waals surface area contributed by atoms with Crippen LogP contribution in [-0.2, 0) is 0 Å². The molecule has 1 aromatic heterocycles. The van der Waals surface area contributed by atoms with E-state index in [1.807, 2.05) is 41.1 Å². The molecule has 0 amide bonds. The predicted molar refractivity (Wildman–Crippen MR) is 70.8 cm³/mol. The molecule has 1 nitrogen and oxygen atoms in total. The smallest absolute Gasteiger partial charge is 0.173 e. The number of halogens is 1. The van der Waals surface area contributed by atoms with Gasteiger partial charge in [0, 0.05) is 15.8 Å². The number of benzene rings is 1. The van der Waals surface area contributed by atoms with Crippen molar-refractivity contribution in [3.8, 4) is 0 Å². The van der Waals surface area contributed by atoms with Gasteiger partial charge in [0.05, 0.1) is 10.8 Å². The first-order chi connectivity index (χ1) is 7.77. The molecule has 0 N–H and O–H groups in total. The molecule has 0 saturated heterocycles. The first-order valence-corrected chi connectivity index (χ1v) is 7.01. The summed E-state index contributed by atoms with van der Waals surface area (Å²) in [6.45, 7) is 0. The van der Waals surface area contributed by atoms with E-state index < -0.39 is 0 Å². The standard InChI is InChI=1S/C12H9ClOS2/c13-10-3-1-2-4-12(10)16-8-11(14)9-5-6-15-7-9/h1-7H,8H2. The van der Waals surface area contributed by atoms with Gasteiger partial charge in [-0.3, -0.25) is 4.79 Å². The summed E-state index contributed by atoms with van der Waals surface area (Å²) in [6.07, 6.45) is 0. The number of hydrogen-bond acceptors (Lipinski definition) is 3. The normalized spacial score (nSPS) is 10.3. The molecule has 1 aromatic carbocycles. The molecule has 0 saturated carbocycles. The molecule has 1 heterocycles. The van der Waals surface area contributed by atoms with Crippen LogP contribution in [0.1, 0.15) is 10.4 Å². The Hall–Kier alpha value is -0.770. The molecule has 0 aliphatic rings. The number of thiophene rings is 1. The molecular weight excluding hydrogens is 260 g/mol. The van der Waals surface area contributed by atoms with E-state index in [9.17, 15) is 4.79 Å².